The van der Waals surface area contributed by atoms with Crippen LogP contribution in [-0.2, 0) is 6.42 Å². The van der Waals surface area contributed by atoms with E-state index < -0.39 is 0 Å². The lowest BCUT2D eigenvalue weighted by Gasteiger charge is -2.24. The van der Waals surface area contributed by atoms with Gasteiger partial charge in [0.15, 0.2) is 0 Å². The Bertz CT molecular complexity index is 2150. The van der Waals surface area contributed by atoms with Crippen LogP contribution in [0.4, 0.5) is 0 Å². The van der Waals surface area contributed by atoms with Gasteiger partial charge in [0.05, 0.1) is 0 Å². The van der Waals surface area contributed by atoms with Crippen molar-refractivity contribution >= 4 is 16.8 Å². The largest absolute Gasteiger partial charge is 0.0836 e. The van der Waals surface area contributed by atoms with Gasteiger partial charge in [0.1, 0.15) is 0 Å². The van der Waals surface area contributed by atoms with E-state index in [-0.39, 0.29) is 0 Å². The zero-order chi connectivity index (χ0) is 29.3. The molecule has 0 unspecified atom stereocenters. The summed E-state index contributed by atoms with van der Waals surface area (Å²) in [6.45, 7) is 0. The van der Waals surface area contributed by atoms with Gasteiger partial charge in [-0.3, -0.25) is 0 Å². The molecule has 0 fully saturated rings. The van der Waals surface area contributed by atoms with Crippen LogP contribution in [0.25, 0.3) is 72.5 Å². The predicted molar refractivity (Wildman–Crippen MR) is 188 cm³/mol. The predicted octanol–water partition coefficient (Wildman–Crippen LogP) is 12.1. The first-order valence-electron chi connectivity index (χ1n) is 15.5. The summed E-state index contributed by atoms with van der Waals surface area (Å²) in [6, 6.07) is 57.4. The minimum atomic E-state index is 1.04. The molecule has 1 aliphatic carbocycles. The van der Waals surface area contributed by atoms with Gasteiger partial charge < -0.3 is 0 Å². The van der Waals surface area contributed by atoms with E-state index in [2.05, 4.69) is 170 Å². The molecule has 0 amide bonds. The molecule has 0 N–H and O–H groups in total. The molecule has 1 aliphatic rings. The van der Waals surface area contributed by atoms with Crippen LogP contribution in [0.1, 0.15) is 17.5 Å². The third kappa shape index (κ3) is 4.75. The maximum Gasteiger partial charge on any atom is -0.00295 e. The number of fused-ring (bicyclic) bond motifs is 2. The molecular formula is C44H32. The van der Waals surface area contributed by atoms with Crippen molar-refractivity contribution in [3.05, 3.63) is 175 Å². The van der Waals surface area contributed by atoms with Gasteiger partial charge in [-0.05, 0) is 109 Å². The SMILES string of the molecule is C1=Cc2c(c(-c3cccc(-c4ccccc4)c3)c3ccccc3c2-c2cccc(-c3cccc(-c4ccccc4)c3)c2)CC1. The molecule has 0 heterocycles. The summed E-state index contributed by atoms with van der Waals surface area (Å²) in [7, 11) is 0. The third-order valence-corrected chi connectivity index (χ3v) is 8.92. The van der Waals surface area contributed by atoms with Gasteiger partial charge in [0.2, 0.25) is 0 Å². The minimum absolute atomic E-state index is 1.04. The highest BCUT2D eigenvalue weighted by atomic mass is 14.3. The number of hydrogen-bond acceptors (Lipinski definition) is 0. The monoisotopic (exact) mass is 560 g/mol. The Labute approximate surface area is 259 Å². The van der Waals surface area contributed by atoms with E-state index in [0.717, 1.165) is 12.8 Å². The molecule has 0 nitrogen and oxygen atoms in total. The molecule has 0 spiro atoms. The fourth-order valence-corrected chi connectivity index (χ4v) is 6.87. The summed E-state index contributed by atoms with van der Waals surface area (Å²) in [6.07, 6.45) is 6.81. The lowest BCUT2D eigenvalue weighted by Crippen LogP contribution is -2.02. The van der Waals surface area contributed by atoms with E-state index in [9.17, 15) is 0 Å². The van der Waals surface area contributed by atoms with Gasteiger partial charge >= 0.3 is 0 Å². The topological polar surface area (TPSA) is 0 Å². The van der Waals surface area contributed by atoms with E-state index in [1.807, 2.05) is 0 Å². The van der Waals surface area contributed by atoms with Crippen LogP contribution in [0.15, 0.2) is 164 Å². The van der Waals surface area contributed by atoms with Gasteiger partial charge in [-0.2, -0.15) is 0 Å². The van der Waals surface area contributed by atoms with Crippen molar-refractivity contribution in [3.63, 3.8) is 0 Å². The quantitative estimate of drug-likeness (QED) is 0.196. The Hall–Kier alpha value is -5.46. The second kappa shape index (κ2) is 11.3. The Morgan fingerprint density at radius 2 is 0.750 bits per heavy atom. The summed E-state index contributed by atoms with van der Waals surface area (Å²) in [5, 5.41) is 2.62. The molecule has 7 aromatic rings. The first kappa shape index (κ1) is 26.2. The van der Waals surface area contributed by atoms with Crippen molar-refractivity contribution in [1.82, 2.24) is 0 Å². The lowest BCUT2D eigenvalue weighted by atomic mass is 9.79. The van der Waals surface area contributed by atoms with Gasteiger partial charge in [0, 0.05) is 0 Å². The fourth-order valence-electron chi connectivity index (χ4n) is 6.87. The molecule has 0 saturated carbocycles. The van der Waals surface area contributed by atoms with E-state index in [0.29, 0.717) is 0 Å². The first-order chi connectivity index (χ1) is 21.8. The average Bonchev–Trinajstić information content (AvgIpc) is 3.11. The van der Waals surface area contributed by atoms with Gasteiger partial charge in [-0.25, -0.2) is 0 Å². The van der Waals surface area contributed by atoms with Crippen LogP contribution in [0.2, 0.25) is 0 Å². The van der Waals surface area contributed by atoms with E-state index in [1.165, 1.54) is 77.5 Å². The van der Waals surface area contributed by atoms with Crippen LogP contribution >= 0.6 is 0 Å². The van der Waals surface area contributed by atoms with Crippen LogP contribution in [0, 0.1) is 0 Å². The highest BCUT2D eigenvalue weighted by molar-refractivity contribution is 6.10. The van der Waals surface area contributed by atoms with Crippen molar-refractivity contribution in [3.8, 4) is 55.6 Å². The molecule has 0 saturated heterocycles. The number of hydrogen-bond donors (Lipinski definition) is 0. The molecule has 0 bridgehead atoms. The number of allylic oxidation sites excluding steroid dienone is 1. The van der Waals surface area contributed by atoms with Gasteiger partial charge in [-0.1, -0.05) is 152 Å². The molecule has 0 aliphatic heterocycles. The number of rotatable bonds is 5. The van der Waals surface area contributed by atoms with Crippen molar-refractivity contribution in [2.75, 3.05) is 0 Å². The Kier molecular flexibility index (Phi) is 6.74. The van der Waals surface area contributed by atoms with Gasteiger partial charge in [-0.15, -0.1) is 0 Å². The van der Waals surface area contributed by atoms with Crippen LogP contribution in [-0.4, -0.2) is 0 Å². The number of benzene rings is 7. The summed E-state index contributed by atoms with van der Waals surface area (Å²) in [5.74, 6) is 0. The van der Waals surface area contributed by atoms with Crippen LogP contribution < -0.4 is 0 Å². The molecule has 0 radical (unpaired) electrons. The highest BCUT2D eigenvalue weighted by Gasteiger charge is 2.22. The normalized spacial score (nSPS) is 12.3. The smallest absolute Gasteiger partial charge is 0.00295 e. The molecule has 7 aromatic carbocycles. The molecule has 8 rings (SSSR count). The van der Waals surface area contributed by atoms with Crippen LogP contribution in [0.5, 0.6) is 0 Å². The van der Waals surface area contributed by atoms with Gasteiger partial charge in [0.25, 0.3) is 0 Å². The second-order valence-electron chi connectivity index (χ2n) is 11.6. The maximum absolute atomic E-state index is 2.38. The standard InChI is InChI=1S/C44H32/c1-3-14-31(15-4-1)33-18-11-20-35(28-33)36-21-13-23-38(30-36)44-41-26-9-7-24-39(41)43(40-25-8-10-27-42(40)44)37-22-12-19-34(29-37)32-16-5-2-6-17-32/h1-7,9-24,26-30H,8,25H2. The highest BCUT2D eigenvalue weighted by Crippen LogP contribution is 2.45. The minimum Gasteiger partial charge on any atom is -0.0836 e. The second-order valence-corrected chi connectivity index (χ2v) is 11.6. The Balaban J connectivity index is 1.31. The van der Waals surface area contributed by atoms with Crippen molar-refractivity contribution in [2.24, 2.45) is 0 Å². The van der Waals surface area contributed by atoms with E-state index in [1.54, 1.807) is 0 Å². The third-order valence-electron chi connectivity index (χ3n) is 8.92. The summed E-state index contributed by atoms with van der Waals surface area (Å²) >= 11 is 0. The lowest BCUT2D eigenvalue weighted by molar-refractivity contribution is 0.991. The fraction of sp³-hybridized carbons (Fsp3) is 0.0455. The zero-order valence-electron chi connectivity index (χ0n) is 24.6. The molecule has 0 atom stereocenters. The average molecular weight is 561 g/mol. The summed E-state index contributed by atoms with van der Waals surface area (Å²) in [4.78, 5) is 0. The first-order valence-corrected chi connectivity index (χ1v) is 15.5. The summed E-state index contributed by atoms with van der Waals surface area (Å²) < 4.78 is 0. The van der Waals surface area contributed by atoms with Crippen molar-refractivity contribution in [2.45, 2.75) is 12.8 Å². The summed E-state index contributed by atoms with van der Waals surface area (Å²) in [5.41, 5.74) is 15.5. The molecule has 0 heteroatoms. The Morgan fingerprint density at radius 3 is 1.32 bits per heavy atom. The van der Waals surface area contributed by atoms with E-state index in [4.69, 9.17) is 0 Å². The molecule has 208 valence electrons. The zero-order valence-corrected chi connectivity index (χ0v) is 24.6. The molecule has 44 heavy (non-hydrogen) atoms. The van der Waals surface area contributed by atoms with Crippen molar-refractivity contribution < 1.29 is 0 Å². The molecule has 0 aromatic heterocycles. The molecular weight excluding hydrogens is 528 g/mol. The maximum atomic E-state index is 2.38. The Morgan fingerprint density at radius 1 is 0.341 bits per heavy atom. The van der Waals surface area contributed by atoms with Crippen LogP contribution in [0.3, 0.4) is 0 Å². The van der Waals surface area contributed by atoms with E-state index >= 15 is 0 Å². The van der Waals surface area contributed by atoms with Crippen molar-refractivity contribution in [1.29, 1.82) is 0 Å².